The lowest BCUT2D eigenvalue weighted by atomic mass is 10.1. The van der Waals surface area contributed by atoms with Crippen LogP contribution in [0.4, 0.5) is 11.4 Å². The standard InChI is InChI=1S/C21H17Cl2N3O5S2/c22-17-4-1-14(9-13(17)10-19(27)21-24-5-8-32-21)25-20(28)16-3-2-15(11-18(16)23)26-6-7-31-12-33(26,29)30/h1-5,8-9,11H,6-7,10,12H2,(H,25,28). The molecule has 1 N–H and O–H groups in total. The Balaban J connectivity index is 1.51. The van der Waals surface area contributed by atoms with E-state index in [0.29, 0.717) is 27.0 Å². The number of aromatic nitrogens is 1. The number of nitrogens with zero attached hydrogens (tertiary/aromatic N) is 2. The summed E-state index contributed by atoms with van der Waals surface area (Å²) in [5, 5.41) is 5.33. The molecule has 0 radical (unpaired) electrons. The number of thiazole rings is 1. The molecule has 3 aromatic rings. The molecule has 1 aromatic heterocycles. The van der Waals surface area contributed by atoms with Gasteiger partial charge in [-0.25, -0.2) is 13.4 Å². The first-order valence-electron chi connectivity index (χ1n) is 9.65. The first kappa shape index (κ1) is 23.7. The largest absolute Gasteiger partial charge is 0.362 e. The Bertz CT molecular complexity index is 1310. The van der Waals surface area contributed by atoms with Crippen molar-refractivity contribution in [2.75, 3.05) is 28.7 Å². The van der Waals surface area contributed by atoms with Gasteiger partial charge in [0.25, 0.3) is 15.9 Å². The Hall–Kier alpha value is -2.50. The lowest BCUT2D eigenvalue weighted by Gasteiger charge is -2.28. The maximum atomic E-state index is 12.8. The number of ether oxygens (including phenoxy) is 1. The predicted molar refractivity (Wildman–Crippen MR) is 128 cm³/mol. The van der Waals surface area contributed by atoms with Crippen molar-refractivity contribution in [3.05, 3.63) is 74.2 Å². The molecule has 33 heavy (non-hydrogen) atoms. The minimum Gasteiger partial charge on any atom is -0.362 e. The quantitative estimate of drug-likeness (QED) is 0.482. The molecule has 0 spiro atoms. The van der Waals surface area contributed by atoms with Crippen LogP contribution in [0.25, 0.3) is 0 Å². The third-order valence-corrected chi connectivity index (χ3v) is 7.84. The number of hydrogen-bond donors (Lipinski definition) is 1. The van der Waals surface area contributed by atoms with Crippen LogP contribution in [0.15, 0.2) is 48.0 Å². The van der Waals surface area contributed by atoms with E-state index < -0.39 is 21.9 Å². The Morgan fingerprint density at radius 3 is 2.67 bits per heavy atom. The van der Waals surface area contributed by atoms with E-state index in [1.54, 1.807) is 29.8 Å². The molecule has 0 atom stereocenters. The minimum absolute atomic E-state index is 0.0412. The number of carbonyl (C=O) groups is 2. The van der Waals surface area contributed by atoms with Crippen LogP contribution in [-0.4, -0.2) is 44.2 Å². The Morgan fingerprint density at radius 1 is 1.15 bits per heavy atom. The number of benzene rings is 2. The molecular formula is C21H17Cl2N3O5S2. The fourth-order valence-electron chi connectivity index (χ4n) is 3.24. The van der Waals surface area contributed by atoms with E-state index in [-0.39, 0.29) is 35.9 Å². The third-order valence-electron chi connectivity index (χ3n) is 4.82. The normalized spacial score (nSPS) is 15.3. The van der Waals surface area contributed by atoms with E-state index in [9.17, 15) is 18.0 Å². The fourth-order valence-corrected chi connectivity index (χ4v) is 5.51. The molecule has 0 unspecified atom stereocenters. The number of carbonyl (C=O) groups excluding carboxylic acids is 2. The van der Waals surface area contributed by atoms with Crippen LogP contribution in [0.2, 0.25) is 10.0 Å². The molecule has 1 saturated heterocycles. The van der Waals surface area contributed by atoms with Gasteiger partial charge in [-0.1, -0.05) is 23.2 Å². The maximum Gasteiger partial charge on any atom is 0.259 e. The molecule has 172 valence electrons. The summed E-state index contributed by atoms with van der Waals surface area (Å²) in [4.78, 5) is 29.2. The molecule has 1 aliphatic heterocycles. The molecule has 1 amide bonds. The first-order valence-corrected chi connectivity index (χ1v) is 12.9. The highest BCUT2D eigenvalue weighted by molar-refractivity contribution is 7.92. The minimum atomic E-state index is -3.60. The van der Waals surface area contributed by atoms with Crippen LogP contribution in [0, 0.1) is 0 Å². The van der Waals surface area contributed by atoms with Crippen molar-refractivity contribution in [2.45, 2.75) is 6.42 Å². The van der Waals surface area contributed by atoms with Crippen molar-refractivity contribution in [1.29, 1.82) is 0 Å². The van der Waals surface area contributed by atoms with Crippen LogP contribution in [0.1, 0.15) is 25.7 Å². The predicted octanol–water partition coefficient (Wildman–Crippen LogP) is 4.25. The van der Waals surface area contributed by atoms with Gasteiger partial charge in [0, 0.05) is 28.7 Å². The Morgan fingerprint density at radius 2 is 1.97 bits per heavy atom. The average Bonchev–Trinajstić information content (AvgIpc) is 3.31. The molecule has 0 aliphatic carbocycles. The summed E-state index contributed by atoms with van der Waals surface area (Å²) in [6.45, 7) is 0.431. The second-order valence-electron chi connectivity index (χ2n) is 7.07. The van der Waals surface area contributed by atoms with Crippen molar-refractivity contribution in [3.63, 3.8) is 0 Å². The zero-order valence-corrected chi connectivity index (χ0v) is 20.1. The van der Waals surface area contributed by atoms with E-state index in [2.05, 4.69) is 10.3 Å². The molecule has 2 aromatic carbocycles. The Kier molecular flexibility index (Phi) is 7.01. The molecule has 0 saturated carbocycles. The fraction of sp³-hybridized carbons (Fsp3) is 0.190. The summed E-state index contributed by atoms with van der Waals surface area (Å²) in [7, 11) is -3.60. The number of hydrogen-bond acceptors (Lipinski definition) is 7. The van der Waals surface area contributed by atoms with E-state index in [1.165, 1.54) is 33.8 Å². The highest BCUT2D eigenvalue weighted by atomic mass is 35.5. The summed E-state index contributed by atoms with van der Waals surface area (Å²) in [6.07, 6.45) is 1.60. The van der Waals surface area contributed by atoms with E-state index in [4.69, 9.17) is 27.9 Å². The van der Waals surface area contributed by atoms with Crippen LogP contribution in [0.3, 0.4) is 0 Å². The molecule has 0 bridgehead atoms. The van der Waals surface area contributed by atoms with E-state index >= 15 is 0 Å². The zero-order chi connectivity index (χ0) is 23.6. The highest BCUT2D eigenvalue weighted by Crippen LogP contribution is 2.28. The first-order chi connectivity index (χ1) is 15.7. The number of ketones is 1. The van der Waals surface area contributed by atoms with Gasteiger partial charge in [0.15, 0.2) is 16.7 Å². The second-order valence-corrected chi connectivity index (χ2v) is 10.6. The number of amides is 1. The van der Waals surface area contributed by atoms with E-state index in [0.717, 1.165) is 0 Å². The summed E-state index contributed by atoms with van der Waals surface area (Å²) in [5.74, 6) is -1.07. The molecule has 2 heterocycles. The van der Waals surface area contributed by atoms with Crippen molar-refractivity contribution in [3.8, 4) is 0 Å². The highest BCUT2D eigenvalue weighted by Gasteiger charge is 2.27. The molecule has 8 nitrogen and oxygen atoms in total. The summed E-state index contributed by atoms with van der Waals surface area (Å²) in [5.41, 5.74) is 1.51. The zero-order valence-electron chi connectivity index (χ0n) is 17.0. The van der Waals surface area contributed by atoms with Gasteiger partial charge >= 0.3 is 0 Å². The smallest absolute Gasteiger partial charge is 0.259 e. The summed E-state index contributed by atoms with van der Waals surface area (Å²) in [6, 6.07) is 9.23. The number of rotatable bonds is 6. The monoisotopic (exact) mass is 525 g/mol. The maximum absolute atomic E-state index is 12.8. The van der Waals surface area contributed by atoms with Crippen LogP contribution >= 0.6 is 34.5 Å². The molecular weight excluding hydrogens is 509 g/mol. The van der Waals surface area contributed by atoms with Crippen molar-refractivity contribution in [1.82, 2.24) is 4.98 Å². The molecule has 1 aliphatic rings. The molecule has 4 rings (SSSR count). The van der Waals surface area contributed by atoms with Crippen molar-refractivity contribution in [2.24, 2.45) is 0 Å². The third kappa shape index (κ3) is 5.36. The van der Waals surface area contributed by atoms with Gasteiger partial charge in [0.1, 0.15) is 0 Å². The second kappa shape index (κ2) is 9.78. The molecule has 12 heteroatoms. The van der Waals surface area contributed by atoms with Gasteiger partial charge in [0.2, 0.25) is 0 Å². The van der Waals surface area contributed by atoms with E-state index in [1.807, 2.05) is 0 Å². The summed E-state index contributed by atoms with van der Waals surface area (Å²) >= 11 is 13.8. The SMILES string of the molecule is O=C(Cc1cc(NC(=O)c2ccc(N3CCOCS3(=O)=O)cc2Cl)ccc1Cl)c1nccs1. The van der Waals surface area contributed by atoms with Gasteiger partial charge in [-0.3, -0.25) is 13.9 Å². The lowest BCUT2D eigenvalue weighted by molar-refractivity contribution is 0.0991. The Labute approximate surface area is 204 Å². The number of Topliss-reactive ketones (excluding diaryl/α,β-unsaturated/α-hetero) is 1. The topological polar surface area (TPSA) is 106 Å². The number of anilines is 2. The van der Waals surface area contributed by atoms with Gasteiger partial charge < -0.3 is 10.1 Å². The average molecular weight is 526 g/mol. The summed E-state index contributed by atoms with van der Waals surface area (Å²) < 4.78 is 30.6. The van der Waals surface area contributed by atoms with Gasteiger partial charge in [-0.05, 0) is 42.0 Å². The van der Waals surface area contributed by atoms with Crippen LogP contribution in [-0.2, 0) is 21.2 Å². The number of nitrogens with one attached hydrogen (secondary N) is 1. The van der Waals surface area contributed by atoms with Crippen LogP contribution in [0.5, 0.6) is 0 Å². The van der Waals surface area contributed by atoms with Crippen molar-refractivity contribution < 1.29 is 22.7 Å². The molecule has 1 fully saturated rings. The van der Waals surface area contributed by atoms with Gasteiger partial charge in [-0.15, -0.1) is 11.3 Å². The van der Waals surface area contributed by atoms with Gasteiger partial charge in [-0.2, -0.15) is 0 Å². The number of halogens is 2. The van der Waals surface area contributed by atoms with Gasteiger partial charge in [0.05, 0.1) is 29.4 Å². The lowest BCUT2D eigenvalue weighted by Crippen LogP contribution is -2.41. The van der Waals surface area contributed by atoms with Crippen LogP contribution < -0.4 is 9.62 Å². The number of sulfonamides is 1. The van der Waals surface area contributed by atoms with Crippen molar-refractivity contribution >= 4 is 67.6 Å².